The highest BCUT2D eigenvalue weighted by molar-refractivity contribution is 7.90. The van der Waals surface area contributed by atoms with Gasteiger partial charge in [0, 0.05) is 17.6 Å². The highest BCUT2D eigenvalue weighted by atomic mass is 32.2. The Balaban J connectivity index is 1.59. The number of nitrogens with zero attached hydrogens (tertiary/aromatic N) is 1. The summed E-state index contributed by atoms with van der Waals surface area (Å²) in [5, 5.41) is 10.8. The van der Waals surface area contributed by atoms with Gasteiger partial charge in [-0.3, -0.25) is 4.98 Å². The first-order chi connectivity index (χ1) is 13.2. The molecule has 2 aromatic heterocycles. The molecule has 0 spiro atoms. The van der Waals surface area contributed by atoms with E-state index in [4.69, 9.17) is 0 Å². The highest BCUT2D eigenvalue weighted by Gasteiger charge is 2.37. The van der Waals surface area contributed by atoms with Crippen LogP contribution in [0.5, 0.6) is 0 Å². The third kappa shape index (κ3) is 4.82. The van der Waals surface area contributed by atoms with Crippen molar-refractivity contribution in [2.75, 3.05) is 6.54 Å². The van der Waals surface area contributed by atoms with Gasteiger partial charge in [-0.2, -0.15) is 0 Å². The van der Waals surface area contributed by atoms with E-state index in [1.54, 1.807) is 31.4 Å². The minimum atomic E-state index is -3.23. The Morgan fingerprint density at radius 2 is 1.93 bits per heavy atom. The molecular weight excluding hydrogens is 392 g/mol. The van der Waals surface area contributed by atoms with Gasteiger partial charge in [0.25, 0.3) is 0 Å². The van der Waals surface area contributed by atoms with Gasteiger partial charge in [-0.05, 0) is 75.6 Å². The number of aliphatic hydroxyl groups is 1. The molecule has 154 valence electrons. The van der Waals surface area contributed by atoms with E-state index in [1.165, 1.54) is 0 Å². The van der Waals surface area contributed by atoms with E-state index in [1.807, 2.05) is 30.3 Å². The van der Waals surface area contributed by atoms with Crippen LogP contribution in [0.3, 0.4) is 0 Å². The maximum Gasteiger partial charge on any atom is 0.213 e. The number of hydrogen-bond acceptors (Lipinski definition) is 5. The number of aromatic nitrogens is 1. The molecule has 1 fully saturated rings. The van der Waals surface area contributed by atoms with Gasteiger partial charge in [-0.15, -0.1) is 11.3 Å². The van der Waals surface area contributed by atoms with Crippen LogP contribution >= 0.6 is 11.3 Å². The molecule has 5 nitrogen and oxygen atoms in total. The summed E-state index contributed by atoms with van der Waals surface area (Å²) in [6.45, 7) is 5.94. The Labute approximate surface area is 172 Å². The largest absolute Gasteiger partial charge is 0.384 e. The maximum absolute atomic E-state index is 12.0. The van der Waals surface area contributed by atoms with Crippen molar-refractivity contribution < 1.29 is 13.5 Å². The van der Waals surface area contributed by atoms with Crippen LogP contribution in [0.2, 0.25) is 0 Å². The van der Waals surface area contributed by atoms with Crippen molar-refractivity contribution >= 4 is 21.4 Å². The van der Waals surface area contributed by atoms with E-state index < -0.39 is 20.9 Å². The molecule has 7 heteroatoms. The topological polar surface area (TPSA) is 79.3 Å². The van der Waals surface area contributed by atoms with Crippen molar-refractivity contribution in [3.8, 4) is 10.6 Å². The third-order valence-electron chi connectivity index (χ3n) is 5.87. The lowest BCUT2D eigenvalue weighted by Crippen LogP contribution is -2.38. The molecule has 1 unspecified atom stereocenters. The van der Waals surface area contributed by atoms with Crippen molar-refractivity contribution in [3.05, 3.63) is 41.4 Å². The van der Waals surface area contributed by atoms with Crippen LogP contribution in [0.15, 0.2) is 36.5 Å². The zero-order valence-corrected chi connectivity index (χ0v) is 18.4. The van der Waals surface area contributed by atoms with Crippen molar-refractivity contribution in [2.24, 2.45) is 11.8 Å². The summed E-state index contributed by atoms with van der Waals surface area (Å²) in [7, 11) is -3.23. The Kier molecular flexibility index (Phi) is 6.59. The van der Waals surface area contributed by atoms with Gasteiger partial charge in [-0.25, -0.2) is 13.1 Å². The minimum Gasteiger partial charge on any atom is -0.384 e. The summed E-state index contributed by atoms with van der Waals surface area (Å²) < 4.78 is 26.7. The number of sulfonamides is 1. The summed E-state index contributed by atoms with van der Waals surface area (Å²) in [5.41, 5.74) is 0.146. The molecule has 0 saturated heterocycles. The number of nitrogens with one attached hydrogen (secondary N) is 1. The lowest BCUT2D eigenvalue weighted by Gasteiger charge is -2.37. The predicted molar refractivity (Wildman–Crippen MR) is 115 cm³/mol. The highest BCUT2D eigenvalue weighted by Crippen LogP contribution is 2.45. The SMILES string of the molecule is CC(CNS(=O)(=O)C(C)C)C1CCC(O)(c2ccc(-c3ccccn3)s2)CC1. The van der Waals surface area contributed by atoms with Crippen molar-refractivity contribution in [1.82, 2.24) is 9.71 Å². The van der Waals surface area contributed by atoms with Crippen LogP contribution in [-0.4, -0.2) is 30.3 Å². The number of thiophene rings is 1. The van der Waals surface area contributed by atoms with Gasteiger partial charge in [0.15, 0.2) is 0 Å². The van der Waals surface area contributed by atoms with Crippen LogP contribution < -0.4 is 4.72 Å². The van der Waals surface area contributed by atoms with Gasteiger partial charge in [-0.1, -0.05) is 13.0 Å². The van der Waals surface area contributed by atoms with E-state index in [0.717, 1.165) is 28.3 Å². The number of rotatable bonds is 7. The first kappa shape index (κ1) is 21.4. The second-order valence-electron chi connectivity index (χ2n) is 8.17. The average Bonchev–Trinajstić information content (AvgIpc) is 3.18. The first-order valence-electron chi connectivity index (χ1n) is 9.94. The third-order valence-corrected chi connectivity index (χ3v) is 8.98. The van der Waals surface area contributed by atoms with Crippen molar-refractivity contribution in [2.45, 2.75) is 57.3 Å². The molecule has 2 heterocycles. The van der Waals surface area contributed by atoms with Crippen LogP contribution in [0.4, 0.5) is 0 Å². The van der Waals surface area contributed by atoms with E-state index >= 15 is 0 Å². The van der Waals surface area contributed by atoms with Crippen LogP contribution in [0, 0.1) is 11.8 Å². The molecule has 0 aliphatic heterocycles. The van der Waals surface area contributed by atoms with Crippen LogP contribution in [0.1, 0.15) is 51.3 Å². The molecule has 3 rings (SSSR count). The quantitative estimate of drug-likeness (QED) is 0.702. The Morgan fingerprint density at radius 1 is 1.21 bits per heavy atom. The molecule has 28 heavy (non-hydrogen) atoms. The van der Waals surface area contributed by atoms with Gasteiger partial charge < -0.3 is 5.11 Å². The standard InChI is InChI=1S/C21H30N2O3S2/c1-15(2)28(25,26)23-14-16(3)17-9-11-21(24,12-10-17)20-8-7-19(27-20)18-6-4-5-13-22-18/h4-8,13,15-17,23-24H,9-12,14H2,1-3H3. The normalized spacial score (nSPS) is 24.4. The van der Waals surface area contributed by atoms with E-state index in [-0.39, 0.29) is 5.92 Å². The van der Waals surface area contributed by atoms with Gasteiger partial charge >= 0.3 is 0 Å². The van der Waals surface area contributed by atoms with E-state index in [9.17, 15) is 13.5 Å². The summed E-state index contributed by atoms with van der Waals surface area (Å²) in [5.74, 6) is 0.677. The molecule has 0 bridgehead atoms. The Bertz CT molecular complexity index is 870. The van der Waals surface area contributed by atoms with Crippen molar-refractivity contribution in [1.29, 1.82) is 0 Å². The zero-order chi connectivity index (χ0) is 20.4. The molecule has 0 aromatic carbocycles. The van der Waals surface area contributed by atoms with Gasteiger partial charge in [0.1, 0.15) is 0 Å². The average molecular weight is 423 g/mol. The molecular formula is C21H30N2O3S2. The smallest absolute Gasteiger partial charge is 0.213 e. The fourth-order valence-corrected chi connectivity index (χ4v) is 5.71. The van der Waals surface area contributed by atoms with E-state index in [2.05, 4.69) is 16.6 Å². The second-order valence-corrected chi connectivity index (χ2v) is 11.6. The molecule has 1 aliphatic carbocycles. The lowest BCUT2D eigenvalue weighted by molar-refractivity contribution is -0.0176. The van der Waals surface area contributed by atoms with Gasteiger partial charge in [0.05, 0.1) is 21.4 Å². The second kappa shape index (κ2) is 8.61. The summed E-state index contributed by atoms with van der Waals surface area (Å²) >= 11 is 1.61. The molecule has 0 amide bonds. The van der Waals surface area contributed by atoms with Crippen molar-refractivity contribution in [3.63, 3.8) is 0 Å². The molecule has 1 saturated carbocycles. The number of pyridine rings is 1. The maximum atomic E-state index is 12.0. The summed E-state index contributed by atoms with van der Waals surface area (Å²) in [4.78, 5) is 6.46. The fourth-order valence-electron chi connectivity index (χ4n) is 3.75. The Morgan fingerprint density at radius 3 is 2.54 bits per heavy atom. The number of hydrogen-bond donors (Lipinski definition) is 2. The molecule has 2 N–H and O–H groups in total. The van der Waals surface area contributed by atoms with Crippen LogP contribution in [0.25, 0.3) is 10.6 Å². The molecule has 2 aromatic rings. The molecule has 1 atom stereocenters. The minimum absolute atomic E-state index is 0.255. The van der Waals surface area contributed by atoms with Gasteiger partial charge in [0.2, 0.25) is 10.0 Å². The van der Waals surface area contributed by atoms with Crippen LogP contribution in [-0.2, 0) is 15.6 Å². The summed E-state index contributed by atoms with van der Waals surface area (Å²) in [6.07, 6.45) is 5.00. The summed E-state index contributed by atoms with van der Waals surface area (Å²) in [6, 6.07) is 9.91. The monoisotopic (exact) mass is 422 g/mol. The van der Waals surface area contributed by atoms with E-state index in [0.29, 0.717) is 25.3 Å². The zero-order valence-electron chi connectivity index (χ0n) is 16.8. The predicted octanol–water partition coefficient (Wildman–Crippen LogP) is 4.15. The lowest BCUT2D eigenvalue weighted by atomic mass is 9.73. The fraction of sp³-hybridized carbons (Fsp3) is 0.571. The molecule has 0 radical (unpaired) electrons. The molecule has 1 aliphatic rings. The first-order valence-corrected chi connectivity index (χ1v) is 12.3. The Hall–Kier alpha value is -1.28.